The number of aryl methyl sites for hydroxylation is 1. The Labute approximate surface area is 91.6 Å². The van der Waals surface area contributed by atoms with Crippen molar-refractivity contribution >= 4 is 11.6 Å². The van der Waals surface area contributed by atoms with E-state index >= 15 is 0 Å². The molecule has 6 heteroatoms. The fourth-order valence-corrected chi connectivity index (χ4v) is 1.90. The molecule has 0 spiro atoms. The number of nitrogens with zero attached hydrogens (tertiary/aromatic N) is 2. The van der Waals surface area contributed by atoms with E-state index in [0.717, 1.165) is 0 Å². The van der Waals surface area contributed by atoms with Crippen LogP contribution in [-0.4, -0.2) is 21.6 Å². The summed E-state index contributed by atoms with van der Waals surface area (Å²) in [5.74, 6) is -3.61. The molecule has 1 aromatic heterocycles. The largest absolute Gasteiger partial charge is 0.323 e. The summed E-state index contributed by atoms with van der Waals surface area (Å²) in [6.07, 6.45) is 2.83. The minimum Gasteiger partial charge on any atom is -0.323 e. The number of hydrogen-bond donors (Lipinski definition) is 1. The summed E-state index contributed by atoms with van der Waals surface area (Å²) in [5, 5.41) is 6.47. The summed E-state index contributed by atoms with van der Waals surface area (Å²) < 4.78 is 27.3. The molecule has 0 aliphatic heterocycles. The number of nitrogens with one attached hydrogen (secondary N) is 1. The van der Waals surface area contributed by atoms with Crippen molar-refractivity contribution in [2.24, 2.45) is 13.0 Å². The van der Waals surface area contributed by atoms with Crippen LogP contribution in [0.2, 0.25) is 0 Å². The molecule has 4 nitrogen and oxygen atoms in total. The van der Waals surface area contributed by atoms with Gasteiger partial charge in [-0.15, -0.1) is 0 Å². The van der Waals surface area contributed by atoms with Gasteiger partial charge in [-0.1, -0.05) is 0 Å². The van der Waals surface area contributed by atoms with E-state index in [1.807, 2.05) is 0 Å². The van der Waals surface area contributed by atoms with E-state index in [1.165, 1.54) is 6.20 Å². The SMILES string of the molecule is Cn1cc(NC(=O)C2CCC(F)(F)C2)cn1. The maximum Gasteiger partial charge on any atom is 0.248 e. The van der Waals surface area contributed by atoms with Crippen LogP contribution < -0.4 is 5.32 Å². The molecular weight excluding hydrogens is 216 g/mol. The van der Waals surface area contributed by atoms with Crippen molar-refractivity contribution in [2.75, 3.05) is 5.32 Å². The van der Waals surface area contributed by atoms with Gasteiger partial charge in [0.05, 0.1) is 11.9 Å². The smallest absolute Gasteiger partial charge is 0.248 e. The number of aromatic nitrogens is 2. The lowest BCUT2D eigenvalue weighted by atomic mass is 10.1. The number of anilines is 1. The van der Waals surface area contributed by atoms with E-state index < -0.39 is 11.8 Å². The zero-order chi connectivity index (χ0) is 11.8. The fourth-order valence-electron chi connectivity index (χ4n) is 1.90. The summed E-state index contributed by atoms with van der Waals surface area (Å²) >= 11 is 0. The van der Waals surface area contributed by atoms with E-state index in [-0.39, 0.29) is 25.2 Å². The Kier molecular flexibility index (Phi) is 2.65. The monoisotopic (exact) mass is 229 g/mol. The maximum absolute atomic E-state index is 12.9. The van der Waals surface area contributed by atoms with Gasteiger partial charge >= 0.3 is 0 Å². The van der Waals surface area contributed by atoms with Crippen LogP contribution in [0.1, 0.15) is 19.3 Å². The molecule has 1 aliphatic carbocycles. The summed E-state index contributed by atoms with van der Waals surface area (Å²) in [6, 6.07) is 0. The van der Waals surface area contributed by atoms with Gasteiger partial charge in [-0.05, 0) is 6.42 Å². The quantitative estimate of drug-likeness (QED) is 0.840. The Bertz CT molecular complexity index is 403. The van der Waals surface area contributed by atoms with Crippen LogP contribution in [0.15, 0.2) is 12.4 Å². The first-order valence-electron chi connectivity index (χ1n) is 5.14. The van der Waals surface area contributed by atoms with Crippen LogP contribution in [0, 0.1) is 5.92 Å². The average molecular weight is 229 g/mol. The van der Waals surface area contributed by atoms with Gasteiger partial charge in [-0.25, -0.2) is 8.78 Å². The van der Waals surface area contributed by atoms with E-state index in [1.54, 1.807) is 17.9 Å². The minimum absolute atomic E-state index is 0.196. The lowest BCUT2D eigenvalue weighted by Crippen LogP contribution is -2.22. The first-order chi connectivity index (χ1) is 7.46. The van der Waals surface area contributed by atoms with Crippen molar-refractivity contribution in [1.82, 2.24) is 9.78 Å². The maximum atomic E-state index is 12.9. The molecular formula is C10H13F2N3O. The number of rotatable bonds is 2. The number of alkyl halides is 2. The molecule has 1 fully saturated rings. The van der Waals surface area contributed by atoms with Crippen LogP contribution in [0.4, 0.5) is 14.5 Å². The van der Waals surface area contributed by atoms with Crippen LogP contribution in [0.5, 0.6) is 0 Å². The molecule has 2 rings (SSSR count). The van der Waals surface area contributed by atoms with Crippen LogP contribution in [0.25, 0.3) is 0 Å². The number of halogens is 2. The molecule has 1 atom stereocenters. The minimum atomic E-state index is -2.68. The first-order valence-corrected chi connectivity index (χ1v) is 5.14. The summed E-state index contributed by atoms with van der Waals surface area (Å²) in [7, 11) is 1.72. The number of carbonyl (C=O) groups excluding carboxylic acids is 1. The Balaban J connectivity index is 1.94. The fraction of sp³-hybridized carbons (Fsp3) is 0.600. The van der Waals surface area contributed by atoms with Gasteiger partial charge in [-0.2, -0.15) is 5.10 Å². The van der Waals surface area contributed by atoms with Gasteiger partial charge in [0.15, 0.2) is 0 Å². The van der Waals surface area contributed by atoms with Crippen molar-refractivity contribution in [3.63, 3.8) is 0 Å². The van der Waals surface area contributed by atoms with Crippen LogP contribution >= 0.6 is 0 Å². The Morgan fingerprint density at radius 2 is 2.44 bits per heavy atom. The number of hydrogen-bond acceptors (Lipinski definition) is 2. The number of amides is 1. The van der Waals surface area contributed by atoms with Crippen LogP contribution in [-0.2, 0) is 11.8 Å². The highest BCUT2D eigenvalue weighted by Gasteiger charge is 2.42. The van der Waals surface area contributed by atoms with E-state index in [4.69, 9.17) is 0 Å². The molecule has 1 unspecified atom stereocenters. The van der Waals surface area contributed by atoms with Gasteiger partial charge in [-0.3, -0.25) is 9.48 Å². The third kappa shape index (κ3) is 2.37. The molecule has 1 saturated carbocycles. The molecule has 0 radical (unpaired) electrons. The van der Waals surface area contributed by atoms with Crippen molar-refractivity contribution in [3.8, 4) is 0 Å². The van der Waals surface area contributed by atoms with Crippen molar-refractivity contribution in [1.29, 1.82) is 0 Å². The van der Waals surface area contributed by atoms with Gasteiger partial charge in [0, 0.05) is 32.0 Å². The lowest BCUT2D eigenvalue weighted by Gasteiger charge is -2.09. The number of carbonyl (C=O) groups is 1. The summed E-state index contributed by atoms with van der Waals surface area (Å²) in [4.78, 5) is 11.6. The Hall–Kier alpha value is -1.46. The zero-order valence-corrected chi connectivity index (χ0v) is 8.91. The van der Waals surface area contributed by atoms with Gasteiger partial charge < -0.3 is 5.32 Å². The average Bonchev–Trinajstić information content (AvgIpc) is 2.72. The summed E-state index contributed by atoms with van der Waals surface area (Å²) in [6.45, 7) is 0. The van der Waals surface area contributed by atoms with E-state index in [2.05, 4.69) is 10.4 Å². The highest BCUT2D eigenvalue weighted by molar-refractivity contribution is 5.92. The second kappa shape index (κ2) is 3.84. The van der Waals surface area contributed by atoms with Crippen molar-refractivity contribution in [3.05, 3.63) is 12.4 Å². The molecule has 0 bridgehead atoms. The van der Waals surface area contributed by atoms with E-state index in [9.17, 15) is 13.6 Å². The zero-order valence-electron chi connectivity index (χ0n) is 8.91. The Morgan fingerprint density at radius 3 is 2.94 bits per heavy atom. The molecule has 1 amide bonds. The molecule has 88 valence electrons. The van der Waals surface area contributed by atoms with E-state index in [0.29, 0.717) is 5.69 Å². The van der Waals surface area contributed by atoms with Gasteiger partial charge in [0.2, 0.25) is 11.8 Å². The lowest BCUT2D eigenvalue weighted by molar-refractivity contribution is -0.120. The second-order valence-corrected chi connectivity index (χ2v) is 4.19. The molecule has 0 saturated heterocycles. The highest BCUT2D eigenvalue weighted by Crippen LogP contribution is 2.39. The molecule has 1 aromatic rings. The molecule has 0 aromatic carbocycles. The molecule has 1 aliphatic rings. The third-order valence-electron chi connectivity index (χ3n) is 2.75. The third-order valence-corrected chi connectivity index (χ3v) is 2.75. The molecule has 16 heavy (non-hydrogen) atoms. The van der Waals surface area contributed by atoms with Crippen LogP contribution in [0.3, 0.4) is 0 Å². The topological polar surface area (TPSA) is 46.9 Å². The van der Waals surface area contributed by atoms with Gasteiger partial charge in [0.1, 0.15) is 0 Å². The normalized spacial score (nSPS) is 23.3. The standard InChI is InChI=1S/C10H13F2N3O/c1-15-6-8(5-13-15)14-9(16)7-2-3-10(11,12)4-7/h5-7H,2-4H2,1H3,(H,14,16). The van der Waals surface area contributed by atoms with Crippen molar-refractivity contribution in [2.45, 2.75) is 25.2 Å². The highest BCUT2D eigenvalue weighted by atomic mass is 19.3. The predicted octanol–water partition coefficient (Wildman–Crippen LogP) is 1.79. The second-order valence-electron chi connectivity index (χ2n) is 4.19. The molecule has 1 N–H and O–H groups in total. The van der Waals surface area contributed by atoms with Crippen molar-refractivity contribution < 1.29 is 13.6 Å². The predicted molar refractivity (Wildman–Crippen MR) is 54.1 cm³/mol. The molecule has 1 heterocycles. The summed E-state index contributed by atoms with van der Waals surface area (Å²) in [5.41, 5.74) is 0.544. The van der Waals surface area contributed by atoms with Gasteiger partial charge in [0.25, 0.3) is 0 Å². The Morgan fingerprint density at radius 1 is 1.69 bits per heavy atom. The first kappa shape index (κ1) is 11.0.